The second-order valence-electron chi connectivity index (χ2n) is 6.89. The summed E-state index contributed by atoms with van der Waals surface area (Å²) in [4.78, 5) is 16.6. The number of hydrogen-bond acceptors (Lipinski definition) is 3. The van der Waals surface area contributed by atoms with Crippen LogP contribution < -0.4 is 4.74 Å². The fourth-order valence-electron chi connectivity index (χ4n) is 3.80. The minimum Gasteiger partial charge on any atom is -0.486 e. The molecule has 2 unspecified atom stereocenters. The Morgan fingerprint density at radius 3 is 2.58 bits per heavy atom. The molecule has 2 heterocycles. The number of likely N-dealkylation sites (N-methyl/N-ethyl adjacent to an activating group) is 1. The van der Waals surface area contributed by atoms with Gasteiger partial charge in [0.25, 0.3) is 5.91 Å². The van der Waals surface area contributed by atoms with Crippen LogP contribution >= 0.6 is 0 Å². The summed E-state index contributed by atoms with van der Waals surface area (Å²) in [5.74, 6) is -0.151. The molecule has 4 rings (SSSR count). The number of carbonyl (C=O) groups is 1. The van der Waals surface area contributed by atoms with Gasteiger partial charge >= 0.3 is 6.18 Å². The van der Waals surface area contributed by atoms with Crippen LogP contribution in [0.4, 0.5) is 13.2 Å². The molecule has 2 aliphatic heterocycles. The predicted octanol–water partition coefficient (Wildman–Crippen LogP) is 2.78. The fraction of sp³-hybridized carbons (Fsp3) is 0.588. The normalized spacial score (nSPS) is 28.0. The van der Waals surface area contributed by atoms with Gasteiger partial charge in [-0.2, -0.15) is 13.2 Å². The van der Waals surface area contributed by atoms with Crippen molar-refractivity contribution >= 4 is 5.91 Å². The number of alkyl halides is 3. The lowest BCUT2D eigenvalue weighted by atomic mass is 9.92. The highest BCUT2D eigenvalue weighted by atomic mass is 19.4. The van der Waals surface area contributed by atoms with E-state index in [4.69, 9.17) is 4.74 Å². The largest absolute Gasteiger partial charge is 0.486 e. The summed E-state index contributed by atoms with van der Waals surface area (Å²) in [6.45, 7) is 1.44. The Labute approximate surface area is 138 Å². The Kier molecular flexibility index (Phi) is 3.53. The van der Waals surface area contributed by atoms with E-state index in [0.29, 0.717) is 12.6 Å². The summed E-state index contributed by atoms with van der Waals surface area (Å²) in [6.07, 6.45) is -1.10. The van der Waals surface area contributed by atoms with Crippen molar-refractivity contribution in [1.82, 2.24) is 9.80 Å². The first-order valence-electron chi connectivity index (χ1n) is 8.23. The maximum atomic E-state index is 12.9. The van der Waals surface area contributed by atoms with Crippen LogP contribution in [-0.2, 0) is 6.18 Å². The molecule has 1 aromatic carbocycles. The van der Waals surface area contributed by atoms with Gasteiger partial charge in [-0.25, -0.2) is 0 Å². The Balaban J connectivity index is 1.65. The summed E-state index contributed by atoms with van der Waals surface area (Å²) in [5.41, 5.74) is -0.827. The standard InChI is InChI=1S/C17H19F3N2O2/c1-21-13-8-22(11-3-2-4-11)9-15(13)24-14-6-5-10(17(18,19)20)7-12(14)16(21)23/h5-7,11,13,15H,2-4,8-9H2,1H3. The topological polar surface area (TPSA) is 32.8 Å². The van der Waals surface area contributed by atoms with E-state index < -0.39 is 17.6 Å². The molecule has 1 aromatic rings. The molecule has 1 saturated heterocycles. The van der Waals surface area contributed by atoms with E-state index in [1.165, 1.54) is 25.3 Å². The van der Waals surface area contributed by atoms with Gasteiger partial charge in [0.05, 0.1) is 17.2 Å². The highest BCUT2D eigenvalue weighted by Gasteiger charge is 2.45. The summed E-state index contributed by atoms with van der Waals surface area (Å²) < 4.78 is 44.7. The molecule has 1 aliphatic carbocycles. The molecular weight excluding hydrogens is 321 g/mol. The number of halogens is 3. The molecule has 3 aliphatic rings. The quantitative estimate of drug-likeness (QED) is 0.788. The Bertz CT molecular complexity index is 672. The van der Waals surface area contributed by atoms with Crippen molar-refractivity contribution in [3.8, 4) is 5.75 Å². The van der Waals surface area contributed by atoms with Gasteiger partial charge in [0.15, 0.2) is 0 Å². The minimum absolute atomic E-state index is 0.00285. The maximum absolute atomic E-state index is 12.9. The van der Waals surface area contributed by atoms with Crippen molar-refractivity contribution < 1.29 is 22.7 Å². The number of rotatable bonds is 1. The third-order valence-corrected chi connectivity index (χ3v) is 5.49. The predicted molar refractivity (Wildman–Crippen MR) is 81.0 cm³/mol. The molecule has 24 heavy (non-hydrogen) atoms. The molecule has 4 nitrogen and oxygen atoms in total. The van der Waals surface area contributed by atoms with Crippen LogP contribution in [0.25, 0.3) is 0 Å². The van der Waals surface area contributed by atoms with Gasteiger partial charge in [0.1, 0.15) is 11.9 Å². The molecule has 2 atom stereocenters. The third-order valence-electron chi connectivity index (χ3n) is 5.49. The van der Waals surface area contributed by atoms with Gasteiger partial charge in [-0.3, -0.25) is 9.69 Å². The molecule has 0 N–H and O–H groups in total. The van der Waals surface area contributed by atoms with Crippen molar-refractivity contribution in [3.63, 3.8) is 0 Å². The van der Waals surface area contributed by atoms with E-state index in [0.717, 1.165) is 18.7 Å². The van der Waals surface area contributed by atoms with Crippen molar-refractivity contribution in [1.29, 1.82) is 0 Å². The van der Waals surface area contributed by atoms with Crippen LogP contribution in [0.3, 0.4) is 0 Å². The zero-order valence-corrected chi connectivity index (χ0v) is 13.3. The number of fused-ring (bicyclic) bond motifs is 2. The van der Waals surface area contributed by atoms with E-state index in [1.807, 2.05) is 0 Å². The number of amides is 1. The molecule has 0 radical (unpaired) electrons. The average molecular weight is 340 g/mol. The molecule has 130 valence electrons. The van der Waals surface area contributed by atoms with E-state index >= 15 is 0 Å². The summed E-state index contributed by atoms with van der Waals surface area (Å²) in [7, 11) is 1.66. The highest BCUT2D eigenvalue weighted by molar-refractivity contribution is 5.97. The van der Waals surface area contributed by atoms with Gasteiger partial charge in [0.2, 0.25) is 0 Å². The number of carbonyl (C=O) groups excluding carboxylic acids is 1. The molecule has 0 bridgehead atoms. The number of hydrogen-bond donors (Lipinski definition) is 0. The first kappa shape index (κ1) is 15.7. The highest BCUT2D eigenvalue weighted by Crippen LogP contribution is 2.37. The van der Waals surface area contributed by atoms with Gasteiger partial charge in [-0.05, 0) is 31.0 Å². The fourth-order valence-corrected chi connectivity index (χ4v) is 3.80. The first-order valence-corrected chi connectivity index (χ1v) is 8.23. The molecule has 1 amide bonds. The minimum atomic E-state index is -4.48. The lowest BCUT2D eigenvalue weighted by Crippen LogP contribution is -2.44. The molecule has 2 fully saturated rings. The van der Waals surface area contributed by atoms with Crippen LogP contribution in [0.5, 0.6) is 5.75 Å². The third kappa shape index (κ3) is 2.46. The van der Waals surface area contributed by atoms with Gasteiger partial charge < -0.3 is 9.64 Å². The lowest BCUT2D eigenvalue weighted by molar-refractivity contribution is -0.137. The zero-order valence-electron chi connectivity index (χ0n) is 13.3. The number of nitrogens with zero attached hydrogens (tertiary/aromatic N) is 2. The summed E-state index contributed by atoms with van der Waals surface area (Å²) in [5, 5.41) is 0. The summed E-state index contributed by atoms with van der Waals surface area (Å²) in [6, 6.07) is 3.58. The molecule has 0 spiro atoms. The van der Waals surface area contributed by atoms with Crippen LogP contribution in [0.15, 0.2) is 18.2 Å². The van der Waals surface area contributed by atoms with Gasteiger partial charge in [-0.15, -0.1) is 0 Å². The second kappa shape index (κ2) is 5.37. The van der Waals surface area contributed by atoms with Crippen LogP contribution in [0.2, 0.25) is 0 Å². The first-order chi connectivity index (χ1) is 11.3. The lowest BCUT2D eigenvalue weighted by Gasteiger charge is -2.35. The smallest absolute Gasteiger partial charge is 0.416 e. The molecule has 7 heteroatoms. The van der Waals surface area contributed by atoms with Crippen LogP contribution in [0, 0.1) is 0 Å². The van der Waals surface area contributed by atoms with E-state index in [9.17, 15) is 18.0 Å². The van der Waals surface area contributed by atoms with Crippen molar-refractivity contribution in [2.24, 2.45) is 0 Å². The van der Waals surface area contributed by atoms with Crippen LogP contribution in [-0.4, -0.2) is 54.0 Å². The Morgan fingerprint density at radius 2 is 1.96 bits per heavy atom. The summed E-state index contributed by atoms with van der Waals surface area (Å²) >= 11 is 0. The number of likely N-dealkylation sites (tertiary alicyclic amines) is 1. The maximum Gasteiger partial charge on any atom is 0.416 e. The van der Waals surface area contributed by atoms with Crippen molar-refractivity contribution in [3.05, 3.63) is 29.3 Å². The molecule has 1 saturated carbocycles. The van der Waals surface area contributed by atoms with Crippen molar-refractivity contribution in [2.45, 2.75) is 43.6 Å². The Hall–Kier alpha value is -1.76. The monoisotopic (exact) mass is 340 g/mol. The molecular formula is C17H19F3N2O2. The van der Waals surface area contributed by atoms with E-state index in [2.05, 4.69) is 4.90 Å². The van der Waals surface area contributed by atoms with Gasteiger partial charge in [-0.1, -0.05) is 6.42 Å². The van der Waals surface area contributed by atoms with E-state index in [1.54, 1.807) is 11.9 Å². The van der Waals surface area contributed by atoms with Gasteiger partial charge in [0, 0.05) is 26.2 Å². The van der Waals surface area contributed by atoms with Crippen molar-refractivity contribution in [2.75, 3.05) is 20.1 Å². The number of ether oxygens (including phenoxy) is 1. The Morgan fingerprint density at radius 1 is 1.21 bits per heavy atom. The number of benzene rings is 1. The average Bonchev–Trinajstić information content (AvgIpc) is 2.82. The SMILES string of the molecule is CN1C(=O)c2cc(C(F)(F)F)ccc2OC2CN(C3CCC3)CC21. The van der Waals surface area contributed by atoms with Crippen LogP contribution in [0.1, 0.15) is 35.2 Å². The second-order valence-corrected chi connectivity index (χ2v) is 6.89. The molecule has 0 aromatic heterocycles. The van der Waals surface area contributed by atoms with E-state index in [-0.39, 0.29) is 23.5 Å². The zero-order chi connectivity index (χ0) is 17.1.